The SMILES string of the molecule is CC.CNNC(=C1CCN(Cc2cccnc2)CC1)C1Nc2cc(C)c(C)cc2N1.[HH].[HH]. The van der Waals surface area contributed by atoms with E-state index in [1.807, 2.05) is 39.4 Å². The van der Waals surface area contributed by atoms with Crippen LogP contribution in [0.5, 0.6) is 0 Å². The van der Waals surface area contributed by atoms with Crippen molar-refractivity contribution in [3.05, 3.63) is 64.6 Å². The lowest BCUT2D eigenvalue weighted by Crippen LogP contribution is -2.41. The monoisotopic (exact) mass is 412 g/mol. The summed E-state index contributed by atoms with van der Waals surface area (Å²) in [6.07, 6.45) is 6.01. The summed E-state index contributed by atoms with van der Waals surface area (Å²) in [5.41, 5.74) is 15.5. The summed E-state index contributed by atoms with van der Waals surface area (Å²) < 4.78 is 0. The van der Waals surface area contributed by atoms with Gasteiger partial charge >= 0.3 is 0 Å². The lowest BCUT2D eigenvalue weighted by molar-refractivity contribution is 0.246. The highest BCUT2D eigenvalue weighted by Crippen LogP contribution is 2.34. The van der Waals surface area contributed by atoms with Crippen molar-refractivity contribution in [1.29, 1.82) is 0 Å². The van der Waals surface area contributed by atoms with E-state index in [1.54, 1.807) is 0 Å². The zero-order valence-electron chi connectivity index (χ0n) is 19.0. The van der Waals surface area contributed by atoms with Gasteiger partial charge in [0.1, 0.15) is 6.17 Å². The Morgan fingerprint density at radius 2 is 1.77 bits per heavy atom. The molecule has 0 saturated carbocycles. The predicted octanol–water partition coefficient (Wildman–Crippen LogP) is 4.65. The van der Waals surface area contributed by atoms with Crippen LogP contribution in [0.2, 0.25) is 0 Å². The van der Waals surface area contributed by atoms with Gasteiger partial charge in [0.2, 0.25) is 0 Å². The van der Waals surface area contributed by atoms with Crippen molar-refractivity contribution in [3.63, 3.8) is 0 Å². The molecule has 0 spiro atoms. The highest BCUT2D eigenvalue weighted by Gasteiger charge is 2.27. The Balaban J connectivity index is 0.00000125. The Morgan fingerprint density at radius 3 is 2.30 bits per heavy atom. The van der Waals surface area contributed by atoms with Crippen molar-refractivity contribution in [2.45, 2.75) is 53.2 Å². The van der Waals surface area contributed by atoms with E-state index in [0.29, 0.717) is 0 Å². The van der Waals surface area contributed by atoms with E-state index >= 15 is 0 Å². The van der Waals surface area contributed by atoms with Gasteiger partial charge < -0.3 is 16.1 Å². The predicted molar refractivity (Wildman–Crippen MR) is 130 cm³/mol. The van der Waals surface area contributed by atoms with Crippen LogP contribution in [0.1, 0.15) is 46.2 Å². The maximum atomic E-state index is 4.23. The number of hydrogen-bond acceptors (Lipinski definition) is 6. The van der Waals surface area contributed by atoms with Crippen LogP contribution in [-0.4, -0.2) is 36.2 Å². The van der Waals surface area contributed by atoms with Crippen LogP contribution in [0, 0.1) is 13.8 Å². The fourth-order valence-corrected chi connectivity index (χ4v) is 4.05. The molecule has 4 N–H and O–H groups in total. The minimum absolute atomic E-state index is 0. The van der Waals surface area contributed by atoms with E-state index in [4.69, 9.17) is 0 Å². The topological polar surface area (TPSA) is 64.2 Å². The molecule has 0 bridgehead atoms. The zero-order valence-corrected chi connectivity index (χ0v) is 19.0. The molecule has 0 atom stereocenters. The molecule has 0 radical (unpaired) electrons. The maximum Gasteiger partial charge on any atom is 0.139 e. The van der Waals surface area contributed by atoms with Gasteiger partial charge in [0.15, 0.2) is 0 Å². The molecule has 2 aliphatic heterocycles. The molecule has 0 amide bonds. The van der Waals surface area contributed by atoms with E-state index in [2.05, 4.69) is 63.4 Å². The summed E-state index contributed by atoms with van der Waals surface area (Å²) in [6, 6.07) is 8.63. The van der Waals surface area contributed by atoms with Crippen LogP contribution >= 0.6 is 0 Å². The smallest absolute Gasteiger partial charge is 0.139 e. The molecular weight excluding hydrogens is 372 g/mol. The maximum absolute atomic E-state index is 4.23. The third-order valence-corrected chi connectivity index (χ3v) is 5.75. The second-order valence-electron chi connectivity index (χ2n) is 7.73. The fraction of sp³-hybridized carbons (Fsp3) is 0.458. The molecule has 2 aliphatic rings. The van der Waals surface area contributed by atoms with Crippen molar-refractivity contribution >= 4 is 11.4 Å². The van der Waals surface area contributed by atoms with Gasteiger partial charge in [0, 0.05) is 41.9 Å². The first-order valence-electron chi connectivity index (χ1n) is 11.0. The van der Waals surface area contributed by atoms with Crippen molar-refractivity contribution in [2.24, 2.45) is 0 Å². The molecule has 1 fully saturated rings. The Kier molecular flexibility index (Phi) is 7.71. The molecule has 166 valence electrons. The largest absolute Gasteiger partial charge is 0.359 e. The summed E-state index contributed by atoms with van der Waals surface area (Å²) in [5, 5.41) is 7.28. The molecule has 3 heterocycles. The highest BCUT2D eigenvalue weighted by atomic mass is 15.4. The first kappa shape index (κ1) is 22.1. The summed E-state index contributed by atoms with van der Waals surface area (Å²) in [5.74, 6) is 0. The standard InChI is InChI=1S/C22H30N6.C2H6.2H2/c1-15-11-19-20(12-16(15)2)26-22(25-19)21(27-23-3)18-6-9-28(10-7-18)14-17-5-4-8-24-13-17;1-2;;/h4-5,8,11-13,22-23,25-27H,6-7,9-10,14H2,1-3H3;1-2H3;2*1H. The minimum atomic E-state index is 0. The molecule has 1 aromatic carbocycles. The number of benzene rings is 1. The van der Waals surface area contributed by atoms with E-state index in [9.17, 15) is 0 Å². The normalized spacial score (nSPS) is 16.1. The van der Waals surface area contributed by atoms with Crippen LogP contribution in [0.15, 0.2) is 47.9 Å². The Morgan fingerprint density at radius 1 is 1.13 bits per heavy atom. The second-order valence-corrected chi connectivity index (χ2v) is 7.73. The molecule has 6 heteroatoms. The highest BCUT2D eigenvalue weighted by molar-refractivity contribution is 5.77. The number of hydrogen-bond donors (Lipinski definition) is 4. The molecule has 1 aromatic heterocycles. The number of pyridine rings is 1. The van der Waals surface area contributed by atoms with E-state index in [1.165, 1.54) is 39.3 Å². The Hall–Kier alpha value is -2.57. The molecular formula is C24H40N6. The number of likely N-dealkylation sites (tertiary alicyclic amines) is 1. The first-order valence-corrected chi connectivity index (χ1v) is 11.0. The third kappa shape index (κ3) is 5.12. The number of nitrogens with zero attached hydrogens (tertiary/aromatic N) is 2. The summed E-state index contributed by atoms with van der Waals surface area (Å²) in [7, 11) is 1.93. The van der Waals surface area contributed by atoms with Crippen molar-refractivity contribution in [3.8, 4) is 0 Å². The van der Waals surface area contributed by atoms with Crippen molar-refractivity contribution in [2.75, 3.05) is 30.8 Å². The van der Waals surface area contributed by atoms with Crippen LogP contribution in [0.3, 0.4) is 0 Å². The van der Waals surface area contributed by atoms with Gasteiger partial charge in [-0.25, -0.2) is 5.43 Å². The quantitative estimate of drug-likeness (QED) is 0.536. The number of fused-ring (bicyclic) bond motifs is 1. The van der Waals surface area contributed by atoms with Gasteiger partial charge in [-0.15, -0.1) is 0 Å². The number of aryl methyl sites for hydroxylation is 2. The lowest BCUT2D eigenvalue weighted by Gasteiger charge is -2.31. The molecule has 0 aliphatic carbocycles. The number of nitrogens with one attached hydrogen (secondary N) is 4. The molecule has 0 unspecified atom stereocenters. The van der Waals surface area contributed by atoms with Crippen LogP contribution < -0.4 is 21.5 Å². The van der Waals surface area contributed by atoms with E-state index in [0.717, 1.165) is 32.5 Å². The third-order valence-electron chi connectivity index (χ3n) is 5.75. The number of rotatable bonds is 5. The van der Waals surface area contributed by atoms with Crippen LogP contribution in [0.25, 0.3) is 0 Å². The van der Waals surface area contributed by atoms with Crippen molar-refractivity contribution in [1.82, 2.24) is 20.7 Å². The van der Waals surface area contributed by atoms with Crippen molar-refractivity contribution < 1.29 is 2.85 Å². The zero-order chi connectivity index (χ0) is 21.5. The first-order chi connectivity index (χ1) is 14.6. The minimum Gasteiger partial charge on any atom is -0.359 e. The van der Waals surface area contributed by atoms with Crippen LogP contribution in [0.4, 0.5) is 11.4 Å². The van der Waals surface area contributed by atoms with Gasteiger partial charge in [-0.3, -0.25) is 9.88 Å². The average Bonchev–Trinajstić information content (AvgIpc) is 3.17. The Labute approximate surface area is 184 Å². The van der Waals surface area contributed by atoms with Gasteiger partial charge in [-0.1, -0.05) is 19.9 Å². The molecule has 2 aromatic rings. The number of piperidine rings is 1. The Bertz CT molecular complexity index is 831. The molecule has 30 heavy (non-hydrogen) atoms. The average molecular weight is 413 g/mol. The van der Waals surface area contributed by atoms with Gasteiger partial charge in [0.05, 0.1) is 17.1 Å². The van der Waals surface area contributed by atoms with Gasteiger partial charge in [-0.05, 0) is 67.2 Å². The molecule has 1 saturated heterocycles. The molecule has 6 nitrogen and oxygen atoms in total. The van der Waals surface area contributed by atoms with E-state index in [-0.39, 0.29) is 9.02 Å². The summed E-state index contributed by atoms with van der Waals surface area (Å²) in [4.78, 5) is 6.74. The fourth-order valence-electron chi connectivity index (χ4n) is 4.05. The van der Waals surface area contributed by atoms with Crippen LogP contribution in [-0.2, 0) is 6.54 Å². The van der Waals surface area contributed by atoms with Gasteiger partial charge in [0.25, 0.3) is 0 Å². The second kappa shape index (κ2) is 10.5. The van der Waals surface area contributed by atoms with Gasteiger partial charge in [-0.2, -0.15) is 0 Å². The summed E-state index contributed by atoms with van der Waals surface area (Å²) >= 11 is 0. The molecule has 4 rings (SSSR count). The lowest BCUT2D eigenvalue weighted by atomic mass is 10.00. The van der Waals surface area contributed by atoms with E-state index < -0.39 is 0 Å². The summed E-state index contributed by atoms with van der Waals surface area (Å²) in [6.45, 7) is 11.4. The number of anilines is 2. The number of aromatic nitrogens is 1. The number of hydrazine groups is 1.